The highest BCUT2D eigenvalue weighted by molar-refractivity contribution is 6.32. The lowest BCUT2D eigenvalue weighted by atomic mass is 10.2. The molecule has 2 amide bonds. The van der Waals surface area contributed by atoms with E-state index in [0.29, 0.717) is 27.6 Å². The van der Waals surface area contributed by atoms with Gasteiger partial charge in [-0.2, -0.15) is 0 Å². The van der Waals surface area contributed by atoms with Crippen LogP contribution in [0.1, 0.15) is 22.8 Å². The molecule has 1 aliphatic heterocycles. The zero-order valence-electron chi connectivity index (χ0n) is 15.3. The van der Waals surface area contributed by atoms with Crippen LogP contribution in [0.4, 0.5) is 0 Å². The smallest absolute Gasteiger partial charge is 0.331 e. The quantitative estimate of drug-likeness (QED) is 0.441. The first-order chi connectivity index (χ1) is 13.9. The molecule has 0 spiro atoms. The molecule has 150 valence electrons. The minimum atomic E-state index is -1.12. The van der Waals surface area contributed by atoms with E-state index >= 15 is 0 Å². The fourth-order valence-corrected chi connectivity index (χ4v) is 2.67. The standard InChI is InChI=1S/C20H17ClN2O6/c1-12(19(25)22-23-20(26)14-5-3-2-4-6-14)29-17(24)8-7-13-9-15(21)18-16(10-13)27-11-28-18/h2-10,12H,11H2,1H3,(H,22,25)(H,23,26)/b8-7+/t12-/m0/s1. The summed E-state index contributed by atoms with van der Waals surface area (Å²) in [6.45, 7) is 1.46. The number of hydrogen-bond acceptors (Lipinski definition) is 6. The largest absolute Gasteiger partial charge is 0.454 e. The molecule has 2 aromatic rings. The number of esters is 1. The number of amides is 2. The number of carbonyl (C=O) groups excluding carboxylic acids is 3. The summed E-state index contributed by atoms with van der Waals surface area (Å²) in [5, 5.41) is 0.356. The van der Waals surface area contributed by atoms with Crippen LogP contribution in [-0.2, 0) is 14.3 Å². The topological polar surface area (TPSA) is 103 Å². The van der Waals surface area contributed by atoms with Crippen molar-refractivity contribution in [3.05, 3.63) is 64.7 Å². The first kappa shape index (κ1) is 20.2. The molecule has 1 heterocycles. The van der Waals surface area contributed by atoms with Crippen LogP contribution in [0.3, 0.4) is 0 Å². The number of fused-ring (bicyclic) bond motifs is 1. The average Bonchev–Trinajstić information content (AvgIpc) is 3.20. The zero-order valence-corrected chi connectivity index (χ0v) is 16.1. The molecule has 0 unspecified atom stereocenters. The third-order valence-corrected chi connectivity index (χ3v) is 4.14. The summed E-state index contributed by atoms with van der Waals surface area (Å²) >= 11 is 6.08. The normalized spacial score (nSPS) is 13.0. The van der Waals surface area contributed by atoms with Crippen LogP contribution in [0.15, 0.2) is 48.5 Å². The van der Waals surface area contributed by atoms with E-state index in [4.69, 9.17) is 25.8 Å². The summed E-state index contributed by atoms with van der Waals surface area (Å²) in [7, 11) is 0. The van der Waals surface area contributed by atoms with Gasteiger partial charge in [0.25, 0.3) is 11.8 Å². The molecule has 2 N–H and O–H groups in total. The summed E-state index contributed by atoms with van der Waals surface area (Å²) in [4.78, 5) is 35.8. The van der Waals surface area contributed by atoms with Gasteiger partial charge >= 0.3 is 5.97 Å². The van der Waals surface area contributed by atoms with Gasteiger partial charge in [0.2, 0.25) is 6.79 Å². The number of ether oxygens (including phenoxy) is 3. The van der Waals surface area contributed by atoms with Gasteiger partial charge < -0.3 is 14.2 Å². The van der Waals surface area contributed by atoms with Crippen molar-refractivity contribution in [3.63, 3.8) is 0 Å². The molecule has 9 heteroatoms. The second kappa shape index (κ2) is 9.11. The van der Waals surface area contributed by atoms with E-state index in [-0.39, 0.29) is 6.79 Å². The van der Waals surface area contributed by atoms with Crippen LogP contribution >= 0.6 is 11.6 Å². The Morgan fingerprint density at radius 1 is 1.14 bits per heavy atom. The second-order valence-electron chi connectivity index (χ2n) is 5.96. The number of hydrogen-bond donors (Lipinski definition) is 2. The maximum Gasteiger partial charge on any atom is 0.331 e. The first-order valence-corrected chi connectivity index (χ1v) is 8.95. The monoisotopic (exact) mass is 416 g/mol. The van der Waals surface area contributed by atoms with E-state index in [1.807, 2.05) is 0 Å². The lowest BCUT2D eigenvalue weighted by Crippen LogP contribution is -2.46. The van der Waals surface area contributed by atoms with Crippen molar-refractivity contribution in [3.8, 4) is 11.5 Å². The van der Waals surface area contributed by atoms with Gasteiger partial charge in [0.05, 0.1) is 5.02 Å². The summed E-state index contributed by atoms with van der Waals surface area (Å²) in [5.41, 5.74) is 5.44. The van der Waals surface area contributed by atoms with E-state index < -0.39 is 23.9 Å². The van der Waals surface area contributed by atoms with Crippen molar-refractivity contribution in [2.75, 3.05) is 6.79 Å². The predicted octanol–water partition coefficient (Wildman–Crippen LogP) is 2.47. The van der Waals surface area contributed by atoms with Gasteiger partial charge in [-0.05, 0) is 42.8 Å². The molecule has 0 fully saturated rings. The number of carbonyl (C=O) groups is 3. The van der Waals surface area contributed by atoms with Crippen molar-refractivity contribution in [1.29, 1.82) is 0 Å². The maximum absolute atomic E-state index is 12.0. The molecule has 1 atom stereocenters. The van der Waals surface area contributed by atoms with Crippen molar-refractivity contribution < 1.29 is 28.6 Å². The molecule has 3 rings (SSSR count). The molecule has 29 heavy (non-hydrogen) atoms. The Bertz CT molecular complexity index is 961. The Morgan fingerprint density at radius 3 is 2.66 bits per heavy atom. The van der Waals surface area contributed by atoms with Crippen LogP contribution < -0.4 is 20.3 Å². The third kappa shape index (κ3) is 5.26. The number of hydrazine groups is 1. The minimum Gasteiger partial charge on any atom is -0.454 e. The summed E-state index contributed by atoms with van der Waals surface area (Å²) in [6, 6.07) is 11.6. The summed E-state index contributed by atoms with van der Waals surface area (Å²) in [6.07, 6.45) is 1.50. The molecule has 0 aromatic heterocycles. The number of benzene rings is 2. The molecule has 0 aliphatic carbocycles. The van der Waals surface area contributed by atoms with E-state index in [0.717, 1.165) is 6.08 Å². The molecule has 0 saturated heterocycles. The van der Waals surface area contributed by atoms with Crippen molar-refractivity contribution >= 4 is 35.5 Å². The predicted molar refractivity (Wildman–Crippen MR) is 104 cm³/mol. The highest BCUT2D eigenvalue weighted by atomic mass is 35.5. The lowest BCUT2D eigenvalue weighted by molar-refractivity contribution is -0.150. The van der Waals surface area contributed by atoms with Gasteiger partial charge in [0.15, 0.2) is 17.6 Å². The van der Waals surface area contributed by atoms with E-state index in [2.05, 4.69) is 10.9 Å². The average molecular weight is 417 g/mol. The van der Waals surface area contributed by atoms with Crippen LogP contribution in [0.25, 0.3) is 6.08 Å². The maximum atomic E-state index is 12.0. The highest BCUT2D eigenvalue weighted by Crippen LogP contribution is 2.40. The number of nitrogens with one attached hydrogen (secondary N) is 2. The van der Waals surface area contributed by atoms with Gasteiger partial charge in [-0.15, -0.1) is 0 Å². The Morgan fingerprint density at radius 2 is 1.90 bits per heavy atom. The van der Waals surface area contributed by atoms with Gasteiger partial charge in [-0.3, -0.25) is 20.4 Å². The number of rotatable bonds is 5. The van der Waals surface area contributed by atoms with Crippen molar-refractivity contribution in [1.82, 2.24) is 10.9 Å². The van der Waals surface area contributed by atoms with Crippen LogP contribution in [0, 0.1) is 0 Å². The lowest BCUT2D eigenvalue weighted by Gasteiger charge is -2.13. The van der Waals surface area contributed by atoms with Gasteiger partial charge in [-0.1, -0.05) is 29.8 Å². The van der Waals surface area contributed by atoms with Gasteiger partial charge in [0.1, 0.15) is 0 Å². The molecule has 0 radical (unpaired) electrons. The van der Waals surface area contributed by atoms with Crippen LogP contribution in [0.5, 0.6) is 11.5 Å². The summed E-state index contributed by atoms with van der Waals surface area (Å²) < 4.78 is 15.5. The summed E-state index contributed by atoms with van der Waals surface area (Å²) in [5.74, 6) is -0.975. The van der Waals surface area contributed by atoms with E-state index in [1.165, 1.54) is 13.0 Å². The van der Waals surface area contributed by atoms with Crippen LogP contribution in [-0.4, -0.2) is 30.7 Å². The molecule has 2 aromatic carbocycles. The highest BCUT2D eigenvalue weighted by Gasteiger charge is 2.19. The van der Waals surface area contributed by atoms with Gasteiger partial charge in [-0.25, -0.2) is 4.79 Å². The van der Waals surface area contributed by atoms with Crippen LogP contribution in [0.2, 0.25) is 5.02 Å². The van der Waals surface area contributed by atoms with Gasteiger partial charge in [0, 0.05) is 11.6 Å². The van der Waals surface area contributed by atoms with Crippen molar-refractivity contribution in [2.24, 2.45) is 0 Å². The second-order valence-corrected chi connectivity index (χ2v) is 6.37. The number of halogens is 1. The third-order valence-electron chi connectivity index (χ3n) is 3.86. The molecule has 8 nitrogen and oxygen atoms in total. The molecule has 0 bridgehead atoms. The molecular formula is C20H17ClN2O6. The molecule has 1 aliphatic rings. The fourth-order valence-electron chi connectivity index (χ4n) is 2.40. The Balaban J connectivity index is 1.49. The molecule has 0 saturated carbocycles. The first-order valence-electron chi connectivity index (χ1n) is 8.57. The Labute approximate surface area is 171 Å². The zero-order chi connectivity index (χ0) is 20.8. The molecular weight excluding hydrogens is 400 g/mol. The van der Waals surface area contributed by atoms with E-state index in [9.17, 15) is 14.4 Å². The fraction of sp³-hybridized carbons (Fsp3) is 0.150. The minimum absolute atomic E-state index is 0.0811. The Hall–Kier alpha value is -3.52. The van der Waals surface area contributed by atoms with E-state index in [1.54, 1.807) is 42.5 Å². The van der Waals surface area contributed by atoms with Crippen molar-refractivity contribution in [2.45, 2.75) is 13.0 Å². The Kier molecular flexibility index (Phi) is 6.36. The SMILES string of the molecule is C[C@H](OC(=O)/C=C/c1cc(Cl)c2c(c1)OCO2)C(=O)NNC(=O)c1ccccc1.